The first-order valence-electron chi connectivity index (χ1n) is 5.00. The summed E-state index contributed by atoms with van der Waals surface area (Å²) in [6.45, 7) is 0. The van der Waals surface area contributed by atoms with Crippen LogP contribution in [0, 0.1) is 0 Å². The second-order valence-corrected chi connectivity index (χ2v) is 3.50. The number of hydrogen-bond donors (Lipinski definition) is 1. The van der Waals surface area contributed by atoms with E-state index in [2.05, 4.69) is 4.74 Å². The van der Waals surface area contributed by atoms with Crippen LogP contribution in [0.25, 0.3) is 10.8 Å². The lowest BCUT2D eigenvalue weighted by Crippen LogP contribution is -2.08. The quantitative estimate of drug-likeness (QED) is 0.808. The van der Waals surface area contributed by atoms with Crippen molar-refractivity contribution >= 4 is 16.7 Å². The van der Waals surface area contributed by atoms with Gasteiger partial charge in [0.25, 0.3) is 0 Å². The second kappa shape index (κ2) is 4.40. The number of methoxy groups -OCH3 is 2. The van der Waals surface area contributed by atoms with Gasteiger partial charge in [-0.05, 0) is 12.1 Å². The molecule has 0 bridgehead atoms. The molecular weight excluding hydrogens is 240 g/mol. The molecule has 0 fully saturated rings. The lowest BCUT2D eigenvalue weighted by atomic mass is 10.1. The summed E-state index contributed by atoms with van der Waals surface area (Å²) >= 11 is 0. The number of aromatic hydroxyl groups is 1. The zero-order valence-electron chi connectivity index (χ0n) is 9.72. The van der Waals surface area contributed by atoms with Crippen molar-refractivity contribution in [3.05, 3.63) is 34.4 Å². The highest BCUT2D eigenvalue weighted by atomic mass is 16.5. The number of esters is 1. The number of fused-ring (bicyclic) bond motifs is 1. The molecule has 0 amide bonds. The van der Waals surface area contributed by atoms with Crippen molar-refractivity contribution in [2.75, 3.05) is 14.2 Å². The van der Waals surface area contributed by atoms with E-state index in [1.807, 2.05) is 0 Å². The third kappa shape index (κ3) is 1.88. The van der Waals surface area contributed by atoms with Crippen LogP contribution in [0.3, 0.4) is 0 Å². The molecule has 2 rings (SSSR count). The number of benzene rings is 1. The summed E-state index contributed by atoms with van der Waals surface area (Å²) in [4.78, 5) is 23.0. The van der Waals surface area contributed by atoms with Gasteiger partial charge in [0.2, 0.25) is 5.76 Å². The number of hydrogen-bond acceptors (Lipinski definition) is 6. The Morgan fingerprint density at radius 2 is 2.00 bits per heavy atom. The maximum atomic E-state index is 11.7. The molecule has 1 N–H and O–H groups in total. The van der Waals surface area contributed by atoms with Gasteiger partial charge in [0.15, 0.2) is 0 Å². The van der Waals surface area contributed by atoms with E-state index < -0.39 is 11.6 Å². The SMILES string of the molecule is COC(=O)c1cc2cc(OC)cc(O)c2c(=O)o1. The maximum Gasteiger partial charge on any atom is 0.374 e. The van der Waals surface area contributed by atoms with E-state index in [0.29, 0.717) is 11.1 Å². The molecule has 0 spiro atoms. The lowest BCUT2D eigenvalue weighted by Gasteiger charge is -2.05. The molecule has 6 nitrogen and oxygen atoms in total. The minimum Gasteiger partial charge on any atom is -0.507 e. The van der Waals surface area contributed by atoms with Gasteiger partial charge in [-0.3, -0.25) is 0 Å². The Bertz CT molecular complexity index is 670. The standard InChI is InChI=1S/C12H10O6/c1-16-7-3-6-4-9(11(14)17-2)18-12(15)10(6)8(13)5-7/h3-5,13H,1-2H3. The van der Waals surface area contributed by atoms with E-state index in [-0.39, 0.29) is 16.9 Å². The molecule has 0 radical (unpaired) electrons. The predicted molar refractivity (Wildman–Crippen MR) is 62.0 cm³/mol. The van der Waals surface area contributed by atoms with Crippen LogP contribution in [0.1, 0.15) is 10.6 Å². The van der Waals surface area contributed by atoms with Crippen molar-refractivity contribution in [3.63, 3.8) is 0 Å². The van der Waals surface area contributed by atoms with Crippen LogP contribution in [0.2, 0.25) is 0 Å². The fourth-order valence-electron chi connectivity index (χ4n) is 1.60. The summed E-state index contributed by atoms with van der Waals surface area (Å²) in [5.41, 5.74) is -0.812. The van der Waals surface area contributed by atoms with Gasteiger partial charge < -0.3 is 19.0 Å². The molecule has 18 heavy (non-hydrogen) atoms. The minimum absolute atomic E-state index is 0.0107. The number of rotatable bonds is 2. The first kappa shape index (κ1) is 12.0. The number of carbonyl (C=O) groups is 1. The van der Waals surface area contributed by atoms with E-state index in [9.17, 15) is 14.7 Å². The molecular formula is C12H10O6. The molecule has 0 saturated heterocycles. The number of ether oxygens (including phenoxy) is 2. The van der Waals surface area contributed by atoms with Crippen molar-refractivity contribution in [3.8, 4) is 11.5 Å². The highest BCUT2D eigenvalue weighted by Gasteiger charge is 2.15. The number of phenolic OH excluding ortho intramolecular Hbond substituents is 1. The predicted octanol–water partition coefficient (Wildman–Crippen LogP) is 1.29. The van der Waals surface area contributed by atoms with Gasteiger partial charge in [-0.25, -0.2) is 9.59 Å². The summed E-state index contributed by atoms with van der Waals surface area (Å²) in [5, 5.41) is 10.0. The smallest absolute Gasteiger partial charge is 0.374 e. The average molecular weight is 250 g/mol. The van der Waals surface area contributed by atoms with Crippen LogP contribution in [-0.4, -0.2) is 25.3 Å². The summed E-state index contributed by atoms with van der Waals surface area (Å²) in [6, 6.07) is 4.11. The summed E-state index contributed by atoms with van der Waals surface area (Å²) in [7, 11) is 2.60. The third-order valence-corrected chi connectivity index (χ3v) is 2.44. The van der Waals surface area contributed by atoms with Crippen molar-refractivity contribution in [2.45, 2.75) is 0 Å². The largest absolute Gasteiger partial charge is 0.507 e. The zero-order valence-corrected chi connectivity index (χ0v) is 9.72. The van der Waals surface area contributed by atoms with E-state index in [1.54, 1.807) is 0 Å². The van der Waals surface area contributed by atoms with Gasteiger partial charge in [0.05, 0.1) is 14.2 Å². The molecule has 94 valence electrons. The van der Waals surface area contributed by atoms with Gasteiger partial charge in [-0.15, -0.1) is 0 Å². The summed E-state index contributed by atoms with van der Waals surface area (Å²) in [5.74, 6) is -0.908. The third-order valence-electron chi connectivity index (χ3n) is 2.44. The minimum atomic E-state index is -0.812. The van der Waals surface area contributed by atoms with Crippen LogP contribution in [0.5, 0.6) is 11.5 Å². The van der Waals surface area contributed by atoms with Crippen LogP contribution < -0.4 is 10.4 Å². The second-order valence-electron chi connectivity index (χ2n) is 3.50. The summed E-state index contributed by atoms with van der Waals surface area (Å²) in [6.07, 6.45) is 0. The van der Waals surface area contributed by atoms with Crippen LogP contribution in [0.4, 0.5) is 0 Å². The van der Waals surface area contributed by atoms with Gasteiger partial charge in [0, 0.05) is 11.5 Å². The number of carbonyl (C=O) groups excluding carboxylic acids is 1. The average Bonchev–Trinajstić information content (AvgIpc) is 2.36. The Kier molecular flexibility index (Phi) is 2.93. The molecule has 6 heteroatoms. The van der Waals surface area contributed by atoms with Gasteiger partial charge in [0.1, 0.15) is 16.9 Å². The molecule has 0 aliphatic rings. The molecule has 0 saturated carbocycles. The first-order valence-corrected chi connectivity index (χ1v) is 5.00. The Morgan fingerprint density at radius 3 is 2.61 bits per heavy atom. The first-order chi connectivity index (χ1) is 8.56. The van der Waals surface area contributed by atoms with Crippen molar-refractivity contribution in [1.29, 1.82) is 0 Å². The van der Waals surface area contributed by atoms with E-state index >= 15 is 0 Å². The molecule has 1 aromatic carbocycles. The molecule has 0 aliphatic carbocycles. The highest BCUT2D eigenvalue weighted by Crippen LogP contribution is 2.28. The summed E-state index contributed by atoms with van der Waals surface area (Å²) < 4.78 is 14.2. The van der Waals surface area contributed by atoms with E-state index in [4.69, 9.17) is 9.15 Å². The Hall–Kier alpha value is -2.50. The van der Waals surface area contributed by atoms with E-state index in [0.717, 1.165) is 0 Å². The van der Waals surface area contributed by atoms with Crippen molar-refractivity contribution in [1.82, 2.24) is 0 Å². The Balaban J connectivity index is 2.78. The number of phenols is 1. The van der Waals surface area contributed by atoms with E-state index in [1.165, 1.54) is 32.4 Å². The normalized spacial score (nSPS) is 10.3. The molecule has 0 aliphatic heterocycles. The molecule has 1 heterocycles. The highest BCUT2D eigenvalue weighted by molar-refractivity contribution is 5.94. The van der Waals surface area contributed by atoms with Gasteiger partial charge >= 0.3 is 11.6 Å². The fraction of sp³-hybridized carbons (Fsp3) is 0.167. The van der Waals surface area contributed by atoms with Crippen LogP contribution in [-0.2, 0) is 4.74 Å². The van der Waals surface area contributed by atoms with Gasteiger partial charge in [-0.1, -0.05) is 0 Å². The Labute approximate surface area is 101 Å². The maximum absolute atomic E-state index is 11.7. The lowest BCUT2D eigenvalue weighted by molar-refractivity contribution is 0.0560. The van der Waals surface area contributed by atoms with Crippen LogP contribution >= 0.6 is 0 Å². The zero-order chi connectivity index (χ0) is 13.3. The Morgan fingerprint density at radius 1 is 1.28 bits per heavy atom. The monoisotopic (exact) mass is 250 g/mol. The van der Waals surface area contributed by atoms with Crippen LogP contribution in [0.15, 0.2) is 27.4 Å². The van der Waals surface area contributed by atoms with Crippen molar-refractivity contribution in [2.24, 2.45) is 0 Å². The fourth-order valence-corrected chi connectivity index (χ4v) is 1.60. The molecule has 0 atom stereocenters. The van der Waals surface area contributed by atoms with Crippen molar-refractivity contribution < 1.29 is 23.8 Å². The molecule has 0 unspecified atom stereocenters. The van der Waals surface area contributed by atoms with Gasteiger partial charge in [-0.2, -0.15) is 0 Å². The molecule has 1 aromatic heterocycles. The molecule has 2 aromatic rings. The topological polar surface area (TPSA) is 86.0 Å².